The third-order valence-electron chi connectivity index (χ3n) is 2.88. The van der Waals surface area contributed by atoms with Crippen molar-refractivity contribution in [3.63, 3.8) is 0 Å². The number of rotatable bonds is 2. The van der Waals surface area contributed by atoms with Crippen LogP contribution < -0.4 is 5.73 Å². The maximum absolute atomic E-state index is 5.59. The van der Waals surface area contributed by atoms with E-state index < -0.39 is 0 Å². The van der Waals surface area contributed by atoms with Crippen molar-refractivity contribution in [3.8, 4) is 0 Å². The highest BCUT2D eigenvalue weighted by Gasteiger charge is 2.17. The van der Waals surface area contributed by atoms with Gasteiger partial charge in [0, 0.05) is 0 Å². The molecule has 0 saturated heterocycles. The van der Waals surface area contributed by atoms with Crippen LogP contribution in [-0.2, 0) is 0 Å². The lowest BCUT2D eigenvalue weighted by Gasteiger charge is -2.26. The van der Waals surface area contributed by atoms with Gasteiger partial charge in [0.1, 0.15) is 0 Å². The monoisotopic (exact) mass is 141 g/mol. The first-order valence-corrected chi connectivity index (χ1v) is 4.56. The Morgan fingerprint density at radius 3 is 2.00 bits per heavy atom. The van der Waals surface area contributed by atoms with Crippen molar-refractivity contribution in [1.29, 1.82) is 0 Å². The molecule has 10 heavy (non-hydrogen) atoms. The van der Waals surface area contributed by atoms with Crippen LogP contribution in [-0.4, -0.2) is 6.54 Å². The molecule has 0 amide bonds. The maximum atomic E-state index is 5.59. The molecule has 0 spiro atoms. The molecule has 0 aromatic rings. The third-order valence-corrected chi connectivity index (χ3v) is 2.88. The zero-order valence-corrected chi connectivity index (χ0v) is 6.97. The summed E-state index contributed by atoms with van der Waals surface area (Å²) >= 11 is 0. The largest absolute Gasteiger partial charge is 0.330 e. The van der Waals surface area contributed by atoms with Crippen molar-refractivity contribution in [1.82, 2.24) is 0 Å². The van der Waals surface area contributed by atoms with Gasteiger partial charge in [-0.25, -0.2) is 0 Å². The lowest BCUT2D eigenvalue weighted by molar-refractivity contribution is 0.274. The SMILES string of the molecule is CC[C@H]1CC[C@H](CN)CC1. The number of hydrogen-bond donors (Lipinski definition) is 1. The predicted molar refractivity (Wildman–Crippen MR) is 44.8 cm³/mol. The van der Waals surface area contributed by atoms with Gasteiger partial charge in [-0.3, -0.25) is 0 Å². The van der Waals surface area contributed by atoms with Crippen LogP contribution in [0.25, 0.3) is 0 Å². The van der Waals surface area contributed by atoms with Gasteiger partial charge < -0.3 is 5.73 Å². The highest BCUT2D eigenvalue weighted by atomic mass is 14.5. The summed E-state index contributed by atoms with van der Waals surface area (Å²) in [5.41, 5.74) is 5.59. The Morgan fingerprint density at radius 1 is 1.10 bits per heavy atom. The van der Waals surface area contributed by atoms with Gasteiger partial charge in [-0.15, -0.1) is 0 Å². The van der Waals surface area contributed by atoms with E-state index in [-0.39, 0.29) is 0 Å². The molecular formula is C9H19N. The molecule has 1 fully saturated rings. The van der Waals surface area contributed by atoms with Gasteiger partial charge in [0.15, 0.2) is 0 Å². The van der Waals surface area contributed by atoms with Crippen molar-refractivity contribution in [2.24, 2.45) is 17.6 Å². The van der Waals surface area contributed by atoms with Crippen LogP contribution in [0.4, 0.5) is 0 Å². The molecule has 60 valence electrons. The standard InChI is InChI=1S/C9H19N/c1-2-8-3-5-9(7-10)6-4-8/h8-9H,2-7,10H2,1H3/t8-,9-. The first kappa shape index (κ1) is 8.06. The average Bonchev–Trinajstić information content (AvgIpc) is 2.05. The van der Waals surface area contributed by atoms with Crippen molar-refractivity contribution < 1.29 is 0 Å². The highest BCUT2D eigenvalue weighted by molar-refractivity contribution is 4.71. The van der Waals surface area contributed by atoms with Crippen molar-refractivity contribution in [2.45, 2.75) is 39.0 Å². The van der Waals surface area contributed by atoms with Crippen molar-refractivity contribution in [3.05, 3.63) is 0 Å². The Balaban J connectivity index is 2.17. The van der Waals surface area contributed by atoms with E-state index in [0.29, 0.717) is 0 Å². The molecule has 1 aliphatic rings. The average molecular weight is 141 g/mol. The lowest BCUT2D eigenvalue weighted by Crippen LogP contribution is -2.20. The van der Waals surface area contributed by atoms with Gasteiger partial charge in [-0.1, -0.05) is 26.2 Å². The molecule has 2 N–H and O–H groups in total. The van der Waals surface area contributed by atoms with E-state index in [4.69, 9.17) is 5.73 Å². The molecule has 1 saturated carbocycles. The molecule has 0 unspecified atom stereocenters. The molecule has 0 heterocycles. The normalized spacial score (nSPS) is 34.2. The van der Waals surface area contributed by atoms with E-state index >= 15 is 0 Å². The van der Waals surface area contributed by atoms with E-state index in [1.54, 1.807) is 0 Å². The van der Waals surface area contributed by atoms with Gasteiger partial charge in [0.05, 0.1) is 0 Å². The molecule has 0 aromatic heterocycles. The minimum Gasteiger partial charge on any atom is -0.330 e. The smallest absolute Gasteiger partial charge is 0.00489 e. The molecule has 1 rings (SSSR count). The Hall–Kier alpha value is -0.0400. The van der Waals surface area contributed by atoms with Crippen LogP contribution in [0.3, 0.4) is 0 Å². The zero-order valence-electron chi connectivity index (χ0n) is 6.97. The molecule has 0 bridgehead atoms. The van der Waals surface area contributed by atoms with Crippen molar-refractivity contribution >= 4 is 0 Å². The fourth-order valence-electron chi connectivity index (χ4n) is 1.88. The Labute approximate surface area is 64.0 Å². The molecule has 1 aliphatic carbocycles. The van der Waals surface area contributed by atoms with E-state index in [9.17, 15) is 0 Å². The Bertz CT molecular complexity index is 70.7. The van der Waals surface area contributed by atoms with E-state index in [0.717, 1.165) is 18.4 Å². The first-order chi connectivity index (χ1) is 4.86. The molecule has 0 aliphatic heterocycles. The van der Waals surface area contributed by atoms with Crippen LogP contribution >= 0.6 is 0 Å². The Morgan fingerprint density at radius 2 is 1.60 bits per heavy atom. The predicted octanol–water partition coefficient (Wildman–Crippen LogP) is 2.16. The third kappa shape index (κ3) is 1.98. The summed E-state index contributed by atoms with van der Waals surface area (Å²) in [5.74, 6) is 1.87. The van der Waals surface area contributed by atoms with Gasteiger partial charge in [-0.05, 0) is 31.2 Å². The molecule has 1 nitrogen and oxygen atoms in total. The summed E-state index contributed by atoms with van der Waals surface area (Å²) < 4.78 is 0. The minimum atomic E-state index is 0.850. The second-order valence-corrected chi connectivity index (χ2v) is 3.53. The lowest BCUT2D eigenvalue weighted by atomic mass is 9.81. The van der Waals surface area contributed by atoms with Crippen LogP contribution in [0.1, 0.15) is 39.0 Å². The summed E-state index contributed by atoms with van der Waals surface area (Å²) in [5, 5.41) is 0. The Kier molecular flexibility index (Phi) is 3.20. The second kappa shape index (κ2) is 3.97. The summed E-state index contributed by atoms with van der Waals surface area (Å²) in [7, 11) is 0. The van der Waals surface area contributed by atoms with E-state index in [1.807, 2.05) is 0 Å². The molecule has 0 radical (unpaired) electrons. The molecule has 0 aromatic carbocycles. The molecular weight excluding hydrogens is 122 g/mol. The number of nitrogens with two attached hydrogens (primary N) is 1. The maximum Gasteiger partial charge on any atom is -0.00489 e. The molecule has 1 heteroatoms. The topological polar surface area (TPSA) is 26.0 Å². The van der Waals surface area contributed by atoms with Crippen LogP contribution in [0.5, 0.6) is 0 Å². The first-order valence-electron chi connectivity index (χ1n) is 4.56. The van der Waals surface area contributed by atoms with E-state index in [1.165, 1.54) is 32.1 Å². The van der Waals surface area contributed by atoms with Gasteiger partial charge in [-0.2, -0.15) is 0 Å². The van der Waals surface area contributed by atoms with Gasteiger partial charge >= 0.3 is 0 Å². The minimum absolute atomic E-state index is 0.850. The highest BCUT2D eigenvalue weighted by Crippen LogP contribution is 2.29. The van der Waals surface area contributed by atoms with Crippen LogP contribution in [0, 0.1) is 11.8 Å². The van der Waals surface area contributed by atoms with E-state index in [2.05, 4.69) is 6.92 Å². The fraction of sp³-hybridized carbons (Fsp3) is 1.00. The van der Waals surface area contributed by atoms with Crippen molar-refractivity contribution in [2.75, 3.05) is 6.54 Å². The zero-order chi connectivity index (χ0) is 7.40. The van der Waals surface area contributed by atoms with Gasteiger partial charge in [0.2, 0.25) is 0 Å². The van der Waals surface area contributed by atoms with Crippen LogP contribution in [0.15, 0.2) is 0 Å². The summed E-state index contributed by atoms with van der Waals surface area (Å²) in [4.78, 5) is 0. The second-order valence-electron chi connectivity index (χ2n) is 3.53. The summed E-state index contributed by atoms with van der Waals surface area (Å²) in [6.07, 6.45) is 7.00. The number of hydrogen-bond acceptors (Lipinski definition) is 1. The fourth-order valence-corrected chi connectivity index (χ4v) is 1.88. The summed E-state index contributed by atoms with van der Waals surface area (Å²) in [6, 6.07) is 0. The van der Waals surface area contributed by atoms with Crippen LogP contribution in [0.2, 0.25) is 0 Å². The summed E-state index contributed by atoms with van der Waals surface area (Å²) in [6.45, 7) is 3.21. The van der Waals surface area contributed by atoms with Gasteiger partial charge in [0.25, 0.3) is 0 Å². The quantitative estimate of drug-likeness (QED) is 0.626. The molecule has 0 atom stereocenters.